The smallest absolute Gasteiger partial charge is 0.422 e. The summed E-state index contributed by atoms with van der Waals surface area (Å²) in [5, 5.41) is 6.13. The largest absolute Gasteiger partial charge is 0.467 e. The molecule has 0 aliphatic heterocycles. The molecule has 0 radical (unpaired) electrons. The molecule has 6 nitrogen and oxygen atoms in total. The number of anilines is 1. The van der Waals surface area contributed by atoms with E-state index in [1.807, 2.05) is 0 Å². The van der Waals surface area contributed by atoms with Crippen LogP contribution in [0.1, 0.15) is 0 Å². The third-order valence-corrected chi connectivity index (χ3v) is 2.32. The first-order valence-corrected chi connectivity index (χ1v) is 5.76. The van der Waals surface area contributed by atoms with Crippen LogP contribution in [0.3, 0.4) is 0 Å². The minimum Gasteiger partial charge on any atom is -0.467 e. The van der Waals surface area contributed by atoms with Crippen LogP contribution in [0.25, 0.3) is 5.69 Å². The van der Waals surface area contributed by atoms with Gasteiger partial charge in [-0.2, -0.15) is 13.2 Å². The highest BCUT2D eigenvalue weighted by Gasteiger charge is 2.29. The molecule has 2 amide bonds. The highest BCUT2D eigenvalue weighted by Crippen LogP contribution is 2.23. The summed E-state index contributed by atoms with van der Waals surface area (Å²) in [5.41, 5.74) is 5.54. The van der Waals surface area contributed by atoms with E-state index in [0.717, 1.165) is 6.07 Å². The molecule has 1 aromatic carbocycles. The van der Waals surface area contributed by atoms with Gasteiger partial charge in [-0.3, -0.25) is 5.32 Å². The normalized spacial score (nSPS) is 11.2. The van der Waals surface area contributed by atoms with E-state index in [1.54, 1.807) is 30.3 Å². The Morgan fingerprint density at radius 1 is 1.33 bits per heavy atom. The van der Waals surface area contributed by atoms with Crippen molar-refractivity contribution in [3.05, 3.63) is 36.4 Å². The second-order valence-corrected chi connectivity index (χ2v) is 4.01. The summed E-state index contributed by atoms with van der Waals surface area (Å²) in [6.07, 6.45) is -4.48. The monoisotopic (exact) mass is 300 g/mol. The van der Waals surface area contributed by atoms with Crippen LogP contribution in [-0.4, -0.2) is 28.6 Å². The van der Waals surface area contributed by atoms with Crippen molar-refractivity contribution in [1.82, 2.24) is 9.78 Å². The molecule has 112 valence electrons. The Labute approximate surface area is 117 Å². The Balaban J connectivity index is 2.29. The number of rotatable bonds is 4. The van der Waals surface area contributed by atoms with Crippen molar-refractivity contribution in [2.24, 2.45) is 5.73 Å². The number of carbonyl (C=O) groups is 1. The van der Waals surface area contributed by atoms with Gasteiger partial charge in [-0.1, -0.05) is 18.2 Å². The van der Waals surface area contributed by atoms with Gasteiger partial charge in [0.05, 0.1) is 5.69 Å². The van der Waals surface area contributed by atoms with Crippen molar-refractivity contribution in [3.63, 3.8) is 0 Å². The van der Waals surface area contributed by atoms with Gasteiger partial charge in [0.25, 0.3) is 0 Å². The lowest BCUT2D eigenvalue weighted by Crippen LogP contribution is -2.21. The number of para-hydroxylation sites is 1. The predicted octanol–water partition coefficient (Wildman–Crippen LogP) is 2.30. The number of benzene rings is 1. The number of nitrogens with zero attached hydrogens (tertiary/aromatic N) is 2. The van der Waals surface area contributed by atoms with Gasteiger partial charge in [-0.15, -0.1) is 5.10 Å². The third kappa shape index (κ3) is 4.13. The maximum Gasteiger partial charge on any atom is 0.422 e. The molecule has 9 heteroatoms. The molecule has 2 rings (SSSR count). The molecule has 0 aliphatic rings. The van der Waals surface area contributed by atoms with E-state index in [9.17, 15) is 18.0 Å². The molecule has 0 bridgehead atoms. The first kappa shape index (κ1) is 14.7. The van der Waals surface area contributed by atoms with Crippen LogP contribution in [0.5, 0.6) is 5.88 Å². The Bertz CT molecular complexity index is 625. The van der Waals surface area contributed by atoms with E-state index in [1.165, 1.54) is 4.68 Å². The average molecular weight is 300 g/mol. The second-order valence-electron chi connectivity index (χ2n) is 4.01. The summed E-state index contributed by atoms with van der Waals surface area (Å²) in [4.78, 5) is 10.9. The Hall–Kier alpha value is -2.71. The molecule has 2 aromatic rings. The number of alkyl halides is 3. The minimum absolute atomic E-state index is 0.103. The van der Waals surface area contributed by atoms with Gasteiger partial charge < -0.3 is 10.5 Å². The number of halogens is 3. The Kier molecular flexibility index (Phi) is 4.01. The van der Waals surface area contributed by atoms with E-state index in [0.29, 0.717) is 5.69 Å². The number of hydrogen-bond donors (Lipinski definition) is 2. The second kappa shape index (κ2) is 5.73. The molecule has 0 saturated carbocycles. The average Bonchev–Trinajstić information content (AvgIpc) is 2.79. The van der Waals surface area contributed by atoms with Gasteiger partial charge in [-0.05, 0) is 12.1 Å². The maximum atomic E-state index is 12.1. The molecule has 3 N–H and O–H groups in total. The summed E-state index contributed by atoms with van der Waals surface area (Å²) in [6.45, 7) is -1.48. The number of carbonyl (C=O) groups excluding carboxylic acids is 1. The number of ether oxygens (including phenoxy) is 1. The quantitative estimate of drug-likeness (QED) is 0.909. The van der Waals surface area contributed by atoms with E-state index < -0.39 is 18.8 Å². The van der Waals surface area contributed by atoms with E-state index in [-0.39, 0.29) is 11.7 Å². The van der Waals surface area contributed by atoms with Gasteiger partial charge in [0.2, 0.25) is 5.88 Å². The zero-order valence-corrected chi connectivity index (χ0v) is 10.6. The first-order valence-electron chi connectivity index (χ1n) is 5.76. The summed E-state index contributed by atoms with van der Waals surface area (Å²) < 4.78 is 42.2. The molecule has 0 aliphatic carbocycles. The van der Waals surface area contributed by atoms with Gasteiger partial charge in [0, 0.05) is 6.07 Å². The van der Waals surface area contributed by atoms with Crippen LogP contribution in [0.2, 0.25) is 0 Å². The van der Waals surface area contributed by atoms with Crippen molar-refractivity contribution in [2.45, 2.75) is 6.18 Å². The Morgan fingerprint density at radius 2 is 2.00 bits per heavy atom. The van der Waals surface area contributed by atoms with Gasteiger partial charge in [0.15, 0.2) is 6.61 Å². The van der Waals surface area contributed by atoms with E-state index in [2.05, 4.69) is 15.2 Å². The van der Waals surface area contributed by atoms with Crippen LogP contribution in [0.15, 0.2) is 36.4 Å². The van der Waals surface area contributed by atoms with Gasteiger partial charge in [0.1, 0.15) is 5.82 Å². The first-order chi connectivity index (χ1) is 9.85. The molecule has 1 aromatic heterocycles. The summed E-state index contributed by atoms with van der Waals surface area (Å²) >= 11 is 0. The maximum absolute atomic E-state index is 12.1. The van der Waals surface area contributed by atoms with Gasteiger partial charge in [-0.25, -0.2) is 9.48 Å². The van der Waals surface area contributed by atoms with Crippen LogP contribution in [0.4, 0.5) is 23.8 Å². The minimum atomic E-state index is -4.48. The van der Waals surface area contributed by atoms with Crippen molar-refractivity contribution >= 4 is 11.8 Å². The molecular formula is C12H11F3N4O2. The number of urea groups is 1. The third-order valence-electron chi connectivity index (χ3n) is 2.32. The van der Waals surface area contributed by atoms with Crippen molar-refractivity contribution in [3.8, 4) is 11.6 Å². The van der Waals surface area contributed by atoms with Crippen LogP contribution < -0.4 is 15.8 Å². The fourth-order valence-electron chi connectivity index (χ4n) is 1.57. The van der Waals surface area contributed by atoms with E-state index in [4.69, 9.17) is 5.73 Å². The van der Waals surface area contributed by atoms with Crippen molar-refractivity contribution in [1.29, 1.82) is 0 Å². The number of primary amides is 1. The van der Waals surface area contributed by atoms with Crippen LogP contribution in [-0.2, 0) is 0 Å². The van der Waals surface area contributed by atoms with Crippen molar-refractivity contribution in [2.75, 3.05) is 11.9 Å². The molecular weight excluding hydrogens is 289 g/mol. The summed E-state index contributed by atoms with van der Waals surface area (Å²) in [5.74, 6) is -0.175. The SMILES string of the molecule is NC(=O)Nc1cc(OCC(F)(F)F)nn1-c1ccccc1. The van der Waals surface area contributed by atoms with Crippen LogP contribution in [0, 0.1) is 0 Å². The molecule has 0 atom stereocenters. The van der Waals surface area contributed by atoms with Crippen molar-refractivity contribution < 1.29 is 22.7 Å². The lowest BCUT2D eigenvalue weighted by atomic mass is 10.3. The lowest BCUT2D eigenvalue weighted by Gasteiger charge is -2.06. The number of hydrogen-bond acceptors (Lipinski definition) is 3. The fraction of sp³-hybridized carbons (Fsp3) is 0.167. The lowest BCUT2D eigenvalue weighted by molar-refractivity contribution is -0.154. The van der Waals surface area contributed by atoms with Gasteiger partial charge >= 0.3 is 12.2 Å². The Morgan fingerprint density at radius 3 is 2.57 bits per heavy atom. The van der Waals surface area contributed by atoms with Crippen LogP contribution >= 0.6 is 0 Å². The number of nitrogens with one attached hydrogen (secondary N) is 1. The van der Waals surface area contributed by atoms with E-state index >= 15 is 0 Å². The highest BCUT2D eigenvalue weighted by atomic mass is 19.4. The molecule has 1 heterocycles. The molecule has 0 saturated heterocycles. The summed E-state index contributed by atoms with van der Waals surface area (Å²) in [6, 6.07) is 8.79. The zero-order chi connectivity index (χ0) is 15.5. The number of aromatic nitrogens is 2. The molecule has 0 fully saturated rings. The topological polar surface area (TPSA) is 82.2 Å². The zero-order valence-electron chi connectivity index (χ0n) is 10.6. The molecule has 0 spiro atoms. The highest BCUT2D eigenvalue weighted by molar-refractivity contribution is 5.87. The number of amides is 2. The molecule has 21 heavy (non-hydrogen) atoms. The standard InChI is InChI=1S/C12H11F3N4O2/c13-12(14,15)7-21-10-6-9(17-11(16)20)19(18-10)8-4-2-1-3-5-8/h1-6H,7H2,(H3,16,17,20). The fourth-order valence-corrected chi connectivity index (χ4v) is 1.57. The predicted molar refractivity (Wildman–Crippen MR) is 68.3 cm³/mol. The molecule has 0 unspecified atom stereocenters. The summed E-state index contributed by atoms with van der Waals surface area (Å²) in [7, 11) is 0. The number of nitrogens with two attached hydrogens (primary N) is 1.